The summed E-state index contributed by atoms with van der Waals surface area (Å²) in [6.07, 6.45) is 1.10. The number of amides is 1. The van der Waals surface area contributed by atoms with E-state index < -0.39 is 10.0 Å². The number of sulfonamides is 1. The van der Waals surface area contributed by atoms with Gasteiger partial charge in [-0.3, -0.25) is 9.10 Å². The number of nitrogens with one attached hydrogen (secondary N) is 1. The Balaban J connectivity index is 2.14. The fraction of sp³-hybridized carbons (Fsp3) is 0.350. The number of benzene rings is 2. The zero-order chi connectivity index (χ0) is 20.2. The summed E-state index contributed by atoms with van der Waals surface area (Å²) >= 11 is 0. The maximum absolute atomic E-state index is 12.5. The van der Waals surface area contributed by atoms with Crippen molar-refractivity contribution in [2.45, 2.75) is 26.8 Å². The molecular weight excluding hydrogens is 364 g/mol. The van der Waals surface area contributed by atoms with Crippen molar-refractivity contribution >= 4 is 21.6 Å². The van der Waals surface area contributed by atoms with Gasteiger partial charge in [-0.1, -0.05) is 18.2 Å². The van der Waals surface area contributed by atoms with Crippen LogP contribution in [0.1, 0.15) is 29.7 Å². The highest BCUT2D eigenvalue weighted by Gasteiger charge is 2.22. The van der Waals surface area contributed by atoms with Crippen LogP contribution in [0.15, 0.2) is 42.5 Å². The molecule has 0 saturated heterocycles. The molecule has 2 rings (SSSR count). The highest BCUT2D eigenvalue weighted by molar-refractivity contribution is 7.92. The first kappa shape index (κ1) is 20.8. The fourth-order valence-electron chi connectivity index (χ4n) is 2.67. The van der Waals surface area contributed by atoms with Gasteiger partial charge < -0.3 is 10.1 Å². The predicted molar refractivity (Wildman–Crippen MR) is 108 cm³/mol. The minimum absolute atomic E-state index is 0.260. The third kappa shape index (κ3) is 5.47. The SMILES string of the molecule is COc1ccc([C@H](C)NC(=O)CN(c2ccc(C)c(C)c2)S(C)(=O)=O)cc1. The van der Waals surface area contributed by atoms with E-state index in [-0.39, 0.29) is 18.5 Å². The summed E-state index contributed by atoms with van der Waals surface area (Å²) in [5, 5.41) is 2.85. The number of carbonyl (C=O) groups excluding carboxylic acids is 1. The molecule has 1 atom stereocenters. The van der Waals surface area contributed by atoms with Crippen molar-refractivity contribution in [1.82, 2.24) is 5.32 Å². The molecule has 0 unspecified atom stereocenters. The predicted octanol–water partition coefficient (Wildman–Crippen LogP) is 2.96. The smallest absolute Gasteiger partial charge is 0.241 e. The van der Waals surface area contributed by atoms with Gasteiger partial charge in [-0.05, 0) is 61.7 Å². The van der Waals surface area contributed by atoms with E-state index in [1.807, 2.05) is 51.1 Å². The maximum Gasteiger partial charge on any atom is 0.241 e. The van der Waals surface area contributed by atoms with Gasteiger partial charge in [0.15, 0.2) is 0 Å². The van der Waals surface area contributed by atoms with Crippen LogP contribution in [0.4, 0.5) is 5.69 Å². The quantitative estimate of drug-likeness (QED) is 0.789. The molecule has 1 N–H and O–H groups in total. The number of aryl methyl sites for hydroxylation is 2. The summed E-state index contributed by atoms with van der Waals surface area (Å²) in [4.78, 5) is 12.5. The molecule has 0 heterocycles. The Hall–Kier alpha value is -2.54. The van der Waals surface area contributed by atoms with Gasteiger partial charge >= 0.3 is 0 Å². The average Bonchev–Trinajstić information content (AvgIpc) is 2.61. The molecule has 0 saturated carbocycles. The molecule has 0 bridgehead atoms. The first-order valence-corrected chi connectivity index (χ1v) is 10.4. The molecule has 27 heavy (non-hydrogen) atoms. The molecule has 0 aliphatic rings. The Morgan fingerprint density at radius 1 is 1.11 bits per heavy atom. The van der Waals surface area contributed by atoms with E-state index in [4.69, 9.17) is 4.74 Å². The molecule has 6 nitrogen and oxygen atoms in total. The number of rotatable bonds is 7. The minimum Gasteiger partial charge on any atom is -0.497 e. The number of hydrogen-bond acceptors (Lipinski definition) is 4. The lowest BCUT2D eigenvalue weighted by Crippen LogP contribution is -2.41. The van der Waals surface area contributed by atoms with Crippen molar-refractivity contribution in [2.24, 2.45) is 0 Å². The Kier molecular flexibility index (Phi) is 6.49. The fourth-order valence-corrected chi connectivity index (χ4v) is 3.52. The lowest BCUT2D eigenvalue weighted by molar-refractivity contribution is -0.120. The number of carbonyl (C=O) groups is 1. The molecule has 0 aromatic heterocycles. The van der Waals surface area contributed by atoms with Crippen LogP contribution in [-0.2, 0) is 14.8 Å². The van der Waals surface area contributed by atoms with Gasteiger partial charge in [0.1, 0.15) is 12.3 Å². The van der Waals surface area contributed by atoms with Crippen LogP contribution in [0.5, 0.6) is 5.75 Å². The first-order valence-electron chi connectivity index (χ1n) is 8.60. The van der Waals surface area contributed by atoms with Gasteiger partial charge in [-0.25, -0.2) is 8.42 Å². The molecule has 0 fully saturated rings. The van der Waals surface area contributed by atoms with Gasteiger partial charge in [0.25, 0.3) is 0 Å². The molecule has 2 aromatic rings. The van der Waals surface area contributed by atoms with E-state index in [9.17, 15) is 13.2 Å². The number of ether oxygens (including phenoxy) is 1. The molecule has 0 spiro atoms. The van der Waals surface area contributed by atoms with E-state index in [1.165, 1.54) is 0 Å². The summed E-state index contributed by atoms with van der Waals surface area (Å²) in [6.45, 7) is 5.43. The number of anilines is 1. The number of nitrogens with zero attached hydrogens (tertiary/aromatic N) is 1. The summed E-state index contributed by atoms with van der Waals surface area (Å²) in [5.74, 6) is 0.359. The third-order valence-corrected chi connectivity index (χ3v) is 5.60. The van der Waals surface area contributed by atoms with Crippen molar-refractivity contribution in [3.8, 4) is 5.75 Å². The summed E-state index contributed by atoms with van der Waals surface area (Å²) in [5.41, 5.74) is 3.41. The van der Waals surface area contributed by atoms with Crippen molar-refractivity contribution in [2.75, 3.05) is 24.2 Å². The van der Waals surface area contributed by atoms with Crippen molar-refractivity contribution in [1.29, 1.82) is 0 Å². The van der Waals surface area contributed by atoms with Crippen molar-refractivity contribution in [3.63, 3.8) is 0 Å². The second kappa shape index (κ2) is 8.43. The zero-order valence-corrected chi connectivity index (χ0v) is 17.1. The molecule has 0 radical (unpaired) electrons. The standard InChI is InChI=1S/C20H26N2O4S/c1-14-6-9-18(12-15(14)2)22(27(5,24)25)13-20(23)21-16(3)17-7-10-19(26-4)11-8-17/h6-12,16H,13H2,1-5H3,(H,21,23)/t16-/m0/s1. The van der Waals surface area contributed by atoms with Crippen LogP contribution in [0.3, 0.4) is 0 Å². The van der Waals surface area contributed by atoms with Gasteiger partial charge in [0, 0.05) is 0 Å². The molecule has 1 amide bonds. The lowest BCUT2D eigenvalue weighted by atomic mass is 10.1. The summed E-state index contributed by atoms with van der Waals surface area (Å²) in [6, 6.07) is 12.4. The Bertz CT molecular complexity index is 908. The molecule has 7 heteroatoms. The van der Waals surface area contributed by atoms with E-state index in [2.05, 4.69) is 5.32 Å². The van der Waals surface area contributed by atoms with Crippen molar-refractivity contribution < 1.29 is 17.9 Å². The maximum atomic E-state index is 12.5. The number of methoxy groups -OCH3 is 1. The molecule has 146 valence electrons. The third-order valence-electron chi connectivity index (χ3n) is 4.46. The molecule has 0 aliphatic heterocycles. The topological polar surface area (TPSA) is 75.7 Å². The van der Waals surface area contributed by atoms with Gasteiger partial charge in [0.2, 0.25) is 15.9 Å². The largest absolute Gasteiger partial charge is 0.497 e. The number of hydrogen-bond donors (Lipinski definition) is 1. The highest BCUT2D eigenvalue weighted by Crippen LogP contribution is 2.22. The second-order valence-corrected chi connectivity index (χ2v) is 8.51. The average molecular weight is 391 g/mol. The monoisotopic (exact) mass is 390 g/mol. The Morgan fingerprint density at radius 3 is 2.26 bits per heavy atom. The highest BCUT2D eigenvalue weighted by atomic mass is 32.2. The minimum atomic E-state index is -3.60. The van der Waals surface area contributed by atoms with E-state index in [0.29, 0.717) is 5.69 Å². The second-order valence-electron chi connectivity index (χ2n) is 6.60. The van der Waals surface area contributed by atoms with Gasteiger partial charge in [-0.2, -0.15) is 0 Å². The van der Waals surface area contributed by atoms with Crippen LogP contribution in [0.2, 0.25) is 0 Å². The molecular formula is C20H26N2O4S. The normalized spacial score (nSPS) is 12.3. The zero-order valence-electron chi connectivity index (χ0n) is 16.3. The van der Waals surface area contributed by atoms with E-state index in [0.717, 1.165) is 33.0 Å². The summed E-state index contributed by atoms with van der Waals surface area (Å²) in [7, 11) is -2.01. The summed E-state index contributed by atoms with van der Waals surface area (Å²) < 4.78 is 30.7. The lowest BCUT2D eigenvalue weighted by Gasteiger charge is -2.24. The van der Waals surface area contributed by atoms with Crippen LogP contribution in [0, 0.1) is 13.8 Å². The van der Waals surface area contributed by atoms with Crippen LogP contribution >= 0.6 is 0 Å². The van der Waals surface area contributed by atoms with Crippen LogP contribution in [0.25, 0.3) is 0 Å². The van der Waals surface area contributed by atoms with Crippen LogP contribution in [-0.4, -0.2) is 34.2 Å². The van der Waals surface area contributed by atoms with E-state index >= 15 is 0 Å². The molecule has 2 aromatic carbocycles. The Morgan fingerprint density at radius 2 is 1.74 bits per heavy atom. The Labute approximate surface area is 161 Å². The van der Waals surface area contributed by atoms with Gasteiger partial charge in [0.05, 0.1) is 25.1 Å². The van der Waals surface area contributed by atoms with Crippen LogP contribution < -0.4 is 14.4 Å². The molecule has 0 aliphatic carbocycles. The van der Waals surface area contributed by atoms with E-state index in [1.54, 1.807) is 19.2 Å². The van der Waals surface area contributed by atoms with Gasteiger partial charge in [-0.15, -0.1) is 0 Å². The first-order chi connectivity index (χ1) is 12.6. The van der Waals surface area contributed by atoms with Crippen molar-refractivity contribution in [3.05, 3.63) is 59.2 Å².